The van der Waals surface area contributed by atoms with Crippen molar-refractivity contribution in [3.8, 4) is 0 Å². The summed E-state index contributed by atoms with van der Waals surface area (Å²) in [6, 6.07) is 0. The first-order chi connectivity index (χ1) is 15.0. The Balaban J connectivity index is 1.68. The molecule has 0 saturated heterocycles. The van der Waals surface area contributed by atoms with Gasteiger partial charge in [0.25, 0.3) is 5.56 Å². The van der Waals surface area contributed by atoms with Gasteiger partial charge in [0.1, 0.15) is 22.4 Å². The molecule has 8 heteroatoms. The van der Waals surface area contributed by atoms with Gasteiger partial charge in [0.05, 0.1) is 18.3 Å². The van der Waals surface area contributed by atoms with Crippen LogP contribution in [0.2, 0.25) is 0 Å². The Bertz CT molecular complexity index is 1040. The Labute approximate surface area is 193 Å². The van der Waals surface area contributed by atoms with Crippen molar-refractivity contribution in [3.63, 3.8) is 0 Å². The van der Waals surface area contributed by atoms with Crippen LogP contribution in [0.4, 0.5) is 0 Å². The van der Waals surface area contributed by atoms with Crippen LogP contribution in [0.15, 0.2) is 11.1 Å². The number of fused-ring (bicyclic) bond motifs is 1. The second-order valence-corrected chi connectivity index (χ2v) is 11.2. The number of carbonyl (C=O) groups is 2. The molecule has 176 valence electrons. The van der Waals surface area contributed by atoms with Gasteiger partial charge in [-0.25, -0.2) is 9.78 Å². The van der Waals surface area contributed by atoms with Crippen molar-refractivity contribution in [3.05, 3.63) is 27.1 Å². The molecule has 2 heterocycles. The summed E-state index contributed by atoms with van der Waals surface area (Å²) in [6.07, 6.45) is 5.04. The summed E-state index contributed by atoms with van der Waals surface area (Å²) in [7, 11) is 0. The zero-order valence-corrected chi connectivity index (χ0v) is 20.7. The van der Waals surface area contributed by atoms with E-state index in [9.17, 15) is 14.4 Å². The average molecular weight is 463 g/mol. The molecule has 0 radical (unpaired) electrons. The highest BCUT2D eigenvalue weighted by Gasteiger charge is 2.31. The molecule has 2 aromatic heterocycles. The number of hydrogen-bond acceptors (Lipinski definition) is 7. The smallest absolute Gasteiger partial charge is 0.348 e. The first-order valence-electron chi connectivity index (χ1n) is 11.3. The Kier molecular flexibility index (Phi) is 7.43. The highest BCUT2D eigenvalue weighted by atomic mass is 32.1. The minimum atomic E-state index is -0.449. The number of aryl methyl sites for hydroxylation is 1. The zero-order chi connectivity index (χ0) is 23.6. The topological polar surface area (TPSA) is 87.5 Å². The van der Waals surface area contributed by atoms with E-state index in [-0.39, 0.29) is 29.5 Å². The standard InChI is InChI=1S/C24H34N2O5S/c1-14(2)12-30-23(29)20-15(3)19-21(32-20)25-13-26(22(19)28)11-18(27)31-17-9-7-16(8-10-17)24(4,5)6/h13-14,16-17H,7-12H2,1-6H3. The molecule has 1 aliphatic rings. The fraction of sp³-hybridized carbons (Fsp3) is 0.667. The molecule has 1 saturated carbocycles. The molecule has 0 N–H and O–H groups in total. The number of hydrogen-bond donors (Lipinski definition) is 0. The van der Waals surface area contributed by atoms with Gasteiger partial charge in [0.15, 0.2) is 0 Å². The molecule has 0 aromatic carbocycles. The second-order valence-electron chi connectivity index (χ2n) is 10.2. The fourth-order valence-electron chi connectivity index (χ4n) is 4.18. The van der Waals surface area contributed by atoms with Gasteiger partial charge in [-0.15, -0.1) is 11.3 Å². The zero-order valence-electron chi connectivity index (χ0n) is 19.9. The molecule has 0 unspecified atom stereocenters. The summed E-state index contributed by atoms with van der Waals surface area (Å²) < 4.78 is 12.2. The number of esters is 2. The van der Waals surface area contributed by atoms with Gasteiger partial charge in [0.2, 0.25) is 0 Å². The Morgan fingerprint density at radius 2 is 1.88 bits per heavy atom. The van der Waals surface area contributed by atoms with Gasteiger partial charge < -0.3 is 9.47 Å². The summed E-state index contributed by atoms with van der Waals surface area (Å²) in [5.74, 6) is -0.0273. The number of thiophene rings is 1. The predicted molar refractivity (Wildman–Crippen MR) is 125 cm³/mol. The van der Waals surface area contributed by atoms with Crippen LogP contribution in [0.1, 0.15) is 75.5 Å². The summed E-state index contributed by atoms with van der Waals surface area (Å²) in [5, 5.41) is 0.354. The van der Waals surface area contributed by atoms with E-state index in [1.54, 1.807) is 6.92 Å². The van der Waals surface area contributed by atoms with Crippen molar-refractivity contribution in [2.24, 2.45) is 17.3 Å². The van der Waals surface area contributed by atoms with Crippen molar-refractivity contribution in [1.82, 2.24) is 9.55 Å². The summed E-state index contributed by atoms with van der Waals surface area (Å²) in [4.78, 5) is 43.1. The third-order valence-corrected chi connectivity index (χ3v) is 7.33. The SMILES string of the molecule is Cc1c(C(=O)OCC(C)C)sc2ncn(CC(=O)OC3CCC(C(C)(C)C)CC3)c(=O)c12. The minimum absolute atomic E-state index is 0.0984. The maximum Gasteiger partial charge on any atom is 0.348 e. The van der Waals surface area contributed by atoms with Crippen LogP contribution in [0.5, 0.6) is 0 Å². The number of aromatic nitrogens is 2. The monoisotopic (exact) mass is 462 g/mol. The lowest BCUT2D eigenvalue weighted by Crippen LogP contribution is -2.32. The molecule has 2 aromatic rings. The van der Waals surface area contributed by atoms with Crippen LogP contribution in [-0.2, 0) is 20.8 Å². The van der Waals surface area contributed by atoms with E-state index < -0.39 is 11.9 Å². The van der Waals surface area contributed by atoms with Gasteiger partial charge in [-0.1, -0.05) is 34.6 Å². The quantitative estimate of drug-likeness (QED) is 0.577. The van der Waals surface area contributed by atoms with E-state index in [4.69, 9.17) is 9.47 Å². The van der Waals surface area contributed by atoms with Gasteiger partial charge in [-0.2, -0.15) is 0 Å². The highest BCUT2D eigenvalue weighted by molar-refractivity contribution is 7.20. The van der Waals surface area contributed by atoms with Gasteiger partial charge in [0, 0.05) is 0 Å². The predicted octanol–water partition coefficient (Wildman–Crippen LogP) is 4.73. The largest absolute Gasteiger partial charge is 0.461 e. The number of nitrogens with zero attached hydrogens (tertiary/aromatic N) is 2. The molecule has 1 fully saturated rings. The van der Waals surface area contributed by atoms with Gasteiger partial charge in [-0.05, 0) is 55.4 Å². The molecule has 3 rings (SSSR count). The van der Waals surface area contributed by atoms with Crippen LogP contribution in [0.3, 0.4) is 0 Å². The maximum absolute atomic E-state index is 13.0. The molecule has 0 bridgehead atoms. The number of carbonyl (C=O) groups excluding carboxylic acids is 2. The minimum Gasteiger partial charge on any atom is -0.461 e. The summed E-state index contributed by atoms with van der Waals surface area (Å²) in [6.45, 7) is 12.5. The number of ether oxygens (including phenoxy) is 2. The van der Waals surface area contributed by atoms with E-state index in [0.717, 1.165) is 37.0 Å². The van der Waals surface area contributed by atoms with Crippen molar-refractivity contribution < 1.29 is 19.1 Å². The van der Waals surface area contributed by atoms with Gasteiger partial charge in [-0.3, -0.25) is 14.2 Å². The lowest BCUT2D eigenvalue weighted by atomic mass is 9.72. The molecule has 0 atom stereocenters. The Morgan fingerprint density at radius 3 is 2.47 bits per heavy atom. The first kappa shape index (κ1) is 24.4. The van der Waals surface area contributed by atoms with Crippen molar-refractivity contribution >= 4 is 33.5 Å². The van der Waals surface area contributed by atoms with E-state index in [2.05, 4.69) is 25.8 Å². The van der Waals surface area contributed by atoms with Crippen LogP contribution >= 0.6 is 11.3 Å². The van der Waals surface area contributed by atoms with Crippen molar-refractivity contribution in [2.75, 3.05) is 6.61 Å². The van der Waals surface area contributed by atoms with Crippen molar-refractivity contribution in [1.29, 1.82) is 0 Å². The molecule has 7 nitrogen and oxygen atoms in total. The first-order valence-corrected chi connectivity index (χ1v) is 12.1. The Hall–Kier alpha value is -2.22. The fourth-order valence-corrected chi connectivity index (χ4v) is 5.22. The van der Waals surface area contributed by atoms with E-state index >= 15 is 0 Å². The normalized spacial score (nSPS) is 19.3. The van der Waals surface area contributed by atoms with E-state index in [1.807, 2.05) is 13.8 Å². The molecule has 1 aliphatic carbocycles. The van der Waals surface area contributed by atoms with Crippen LogP contribution in [-0.4, -0.2) is 34.2 Å². The molecule has 0 spiro atoms. The average Bonchev–Trinajstić information content (AvgIpc) is 3.05. The van der Waals surface area contributed by atoms with E-state index in [0.29, 0.717) is 33.2 Å². The van der Waals surface area contributed by atoms with Crippen LogP contribution in [0, 0.1) is 24.2 Å². The third kappa shape index (κ3) is 5.57. The molecular weight excluding hydrogens is 428 g/mol. The van der Waals surface area contributed by atoms with Gasteiger partial charge >= 0.3 is 11.9 Å². The van der Waals surface area contributed by atoms with E-state index in [1.165, 1.54) is 10.9 Å². The van der Waals surface area contributed by atoms with Crippen molar-refractivity contribution in [2.45, 2.75) is 79.9 Å². The third-order valence-electron chi connectivity index (χ3n) is 6.15. The summed E-state index contributed by atoms with van der Waals surface area (Å²) in [5.41, 5.74) is 0.460. The molecule has 0 amide bonds. The second kappa shape index (κ2) is 9.73. The molecule has 32 heavy (non-hydrogen) atoms. The Morgan fingerprint density at radius 1 is 1.22 bits per heavy atom. The van der Waals surface area contributed by atoms with Crippen LogP contribution < -0.4 is 5.56 Å². The maximum atomic E-state index is 13.0. The lowest BCUT2D eigenvalue weighted by molar-refractivity contribution is -0.152. The molecular formula is C24H34N2O5S. The highest BCUT2D eigenvalue weighted by Crippen LogP contribution is 2.38. The lowest BCUT2D eigenvalue weighted by Gasteiger charge is -2.36. The van der Waals surface area contributed by atoms with Crippen LogP contribution in [0.25, 0.3) is 10.2 Å². The molecule has 0 aliphatic heterocycles. The number of rotatable bonds is 6. The summed E-state index contributed by atoms with van der Waals surface area (Å²) >= 11 is 1.14.